The van der Waals surface area contributed by atoms with Crippen LogP contribution in [-0.4, -0.2) is 28.1 Å². The van der Waals surface area contributed by atoms with Gasteiger partial charge in [0.15, 0.2) is 5.82 Å². The minimum absolute atomic E-state index is 0.203. The van der Waals surface area contributed by atoms with Crippen molar-refractivity contribution in [1.82, 2.24) is 15.0 Å². The van der Waals surface area contributed by atoms with E-state index in [0.717, 1.165) is 19.0 Å². The zero-order valence-corrected chi connectivity index (χ0v) is 13.4. The Labute approximate surface area is 131 Å². The molecule has 5 heteroatoms. The van der Waals surface area contributed by atoms with Crippen molar-refractivity contribution in [3.8, 4) is 0 Å². The van der Waals surface area contributed by atoms with E-state index in [1.165, 1.54) is 31.4 Å². The van der Waals surface area contributed by atoms with Gasteiger partial charge >= 0.3 is 0 Å². The Hall–Kier alpha value is -1.75. The van der Waals surface area contributed by atoms with E-state index in [1.807, 2.05) is 0 Å². The summed E-state index contributed by atoms with van der Waals surface area (Å²) < 4.78 is 19.0. The molecule has 120 valence electrons. The van der Waals surface area contributed by atoms with E-state index in [0.29, 0.717) is 12.4 Å². The molecule has 0 N–H and O–H groups in total. The highest BCUT2D eigenvalue weighted by atomic mass is 19.1. The number of allylic oxidation sites excluding steroid dienone is 5. The molecular formula is C17H24FN3O. The maximum Gasteiger partial charge on any atom is 0.260 e. The van der Waals surface area contributed by atoms with Gasteiger partial charge in [0.2, 0.25) is 0 Å². The molecule has 0 atom stereocenters. The molecule has 22 heavy (non-hydrogen) atoms. The van der Waals surface area contributed by atoms with Crippen molar-refractivity contribution in [1.29, 1.82) is 0 Å². The first-order valence-electron chi connectivity index (χ1n) is 7.88. The van der Waals surface area contributed by atoms with Crippen LogP contribution in [0.3, 0.4) is 0 Å². The van der Waals surface area contributed by atoms with Crippen LogP contribution in [0.15, 0.2) is 35.2 Å². The van der Waals surface area contributed by atoms with Crippen molar-refractivity contribution in [2.45, 2.75) is 39.7 Å². The normalized spacial score (nSPS) is 18.7. The molecule has 1 aromatic heterocycles. The molecule has 0 bridgehead atoms. The zero-order valence-electron chi connectivity index (χ0n) is 13.4. The molecule has 1 saturated heterocycles. The smallest absolute Gasteiger partial charge is 0.260 e. The largest absolute Gasteiger partial charge is 0.334 e. The first-order chi connectivity index (χ1) is 10.7. The maximum absolute atomic E-state index is 13.8. The summed E-state index contributed by atoms with van der Waals surface area (Å²) in [5, 5.41) is 3.97. The van der Waals surface area contributed by atoms with Crippen LogP contribution >= 0.6 is 0 Å². The third kappa shape index (κ3) is 4.13. The number of hydrogen-bond donors (Lipinski definition) is 0. The summed E-state index contributed by atoms with van der Waals surface area (Å²) in [6.07, 6.45) is 8.11. The van der Waals surface area contributed by atoms with Gasteiger partial charge in [0, 0.05) is 0 Å². The molecule has 0 aliphatic carbocycles. The lowest BCUT2D eigenvalue weighted by molar-refractivity contribution is 0.170. The maximum atomic E-state index is 13.8. The second-order valence-corrected chi connectivity index (χ2v) is 5.60. The predicted molar refractivity (Wildman–Crippen MR) is 85.6 cm³/mol. The summed E-state index contributed by atoms with van der Waals surface area (Å²) in [6, 6.07) is 0. The van der Waals surface area contributed by atoms with Gasteiger partial charge in [0.25, 0.3) is 5.89 Å². The number of rotatable bonds is 6. The molecular weight excluding hydrogens is 281 g/mol. The Morgan fingerprint density at radius 3 is 2.77 bits per heavy atom. The number of aromatic nitrogens is 2. The van der Waals surface area contributed by atoms with Crippen LogP contribution in [-0.2, 0) is 6.54 Å². The second-order valence-electron chi connectivity index (χ2n) is 5.60. The topological polar surface area (TPSA) is 42.2 Å². The summed E-state index contributed by atoms with van der Waals surface area (Å²) in [7, 11) is 0. The molecule has 0 spiro atoms. The number of nitrogens with zero attached hydrogens (tertiary/aromatic N) is 3. The van der Waals surface area contributed by atoms with E-state index in [2.05, 4.69) is 28.5 Å². The third-order valence-corrected chi connectivity index (χ3v) is 4.14. The molecule has 0 saturated carbocycles. The summed E-state index contributed by atoms with van der Waals surface area (Å²) in [5.74, 6) is 1.25. The number of likely N-dealkylation sites (tertiary alicyclic amines) is 1. The third-order valence-electron chi connectivity index (χ3n) is 4.14. The quantitative estimate of drug-likeness (QED) is 0.741. The van der Waals surface area contributed by atoms with Crippen molar-refractivity contribution in [2.24, 2.45) is 5.92 Å². The lowest BCUT2D eigenvalue weighted by Crippen LogP contribution is -2.33. The van der Waals surface area contributed by atoms with E-state index >= 15 is 0 Å². The van der Waals surface area contributed by atoms with E-state index < -0.39 is 0 Å². The van der Waals surface area contributed by atoms with Crippen molar-refractivity contribution in [2.75, 3.05) is 13.1 Å². The molecule has 1 aliphatic rings. The van der Waals surface area contributed by atoms with Crippen LogP contribution in [0.5, 0.6) is 0 Å². The van der Waals surface area contributed by atoms with Gasteiger partial charge in [-0.3, -0.25) is 4.90 Å². The highest BCUT2D eigenvalue weighted by molar-refractivity contribution is 5.72. The molecule has 2 rings (SSSR count). The van der Waals surface area contributed by atoms with Crippen molar-refractivity contribution < 1.29 is 8.91 Å². The van der Waals surface area contributed by atoms with Crippen LogP contribution in [0.1, 0.15) is 44.8 Å². The Balaban J connectivity index is 2.02. The fourth-order valence-electron chi connectivity index (χ4n) is 2.71. The molecule has 4 nitrogen and oxygen atoms in total. The Bertz CT molecular complexity index is 554. The first-order valence-corrected chi connectivity index (χ1v) is 7.88. The van der Waals surface area contributed by atoms with E-state index in [-0.39, 0.29) is 17.3 Å². The molecule has 0 aromatic carbocycles. The van der Waals surface area contributed by atoms with E-state index in [1.54, 1.807) is 13.0 Å². The van der Waals surface area contributed by atoms with Gasteiger partial charge in [0.1, 0.15) is 5.83 Å². The standard InChI is InChI=1S/C17H24FN3O/c1-4-7-14(15(18)6-3)17-19-16(20-22-17)12-21-10-8-13(5-2)9-11-21/h4,6-7,13H,1,5,8-12H2,2-3H3/b14-7+,15-6+. The van der Waals surface area contributed by atoms with Gasteiger partial charge < -0.3 is 4.52 Å². The lowest BCUT2D eigenvalue weighted by atomic mass is 9.94. The minimum atomic E-state index is -0.390. The molecule has 2 heterocycles. The zero-order chi connectivity index (χ0) is 15.9. The average Bonchev–Trinajstić information content (AvgIpc) is 3.00. The molecule has 1 aliphatic heterocycles. The van der Waals surface area contributed by atoms with Crippen LogP contribution in [0.2, 0.25) is 0 Å². The second kappa shape index (κ2) is 8.03. The molecule has 0 radical (unpaired) electrons. The van der Waals surface area contributed by atoms with Crippen molar-refractivity contribution in [3.05, 3.63) is 42.3 Å². The Kier molecular flexibility index (Phi) is 6.07. The SMILES string of the molecule is C=C/C=C(\C(F)=C/C)c1nc(CN2CCC(CC)CC2)no1. The first kappa shape index (κ1) is 16.6. The van der Waals surface area contributed by atoms with Gasteiger partial charge in [-0.25, -0.2) is 4.39 Å². The van der Waals surface area contributed by atoms with E-state index in [9.17, 15) is 4.39 Å². The van der Waals surface area contributed by atoms with Gasteiger partial charge in [-0.1, -0.05) is 37.2 Å². The van der Waals surface area contributed by atoms with Crippen molar-refractivity contribution in [3.63, 3.8) is 0 Å². The summed E-state index contributed by atoms with van der Waals surface area (Å²) in [6.45, 7) is 10.2. The van der Waals surface area contributed by atoms with Crippen LogP contribution < -0.4 is 0 Å². The fourth-order valence-corrected chi connectivity index (χ4v) is 2.71. The van der Waals surface area contributed by atoms with Crippen LogP contribution in [0, 0.1) is 5.92 Å². The average molecular weight is 305 g/mol. The van der Waals surface area contributed by atoms with Crippen LogP contribution in [0.4, 0.5) is 4.39 Å². The lowest BCUT2D eigenvalue weighted by Gasteiger charge is -2.30. The summed E-state index contributed by atoms with van der Waals surface area (Å²) in [5.41, 5.74) is 0.279. The molecule has 0 amide bonds. The minimum Gasteiger partial charge on any atom is -0.334 e. The molecule has 0 unspecified atom stereocenters. The van der Waals surface area contributed by atoms with Crippen molar-refractivity contribution >= 4 is 5.57 Å². The van der Waals surface area contributed by atoms with Gasteiger partial charge in [-0.2, -0.15) is 4.98 Å². The predicted octanol–water partition coefficient (Wildman–Crippen LogP) is 4.13. The van der Waals surface area contributed by atoms with E-state index in [4.69, 9.17) is 4.52 Å². The van der Waals surface area contributed by atoms with Gasteiger partial charge in [-0.15, -0.1) is 0 Å². The van der Waals surface area contributed by atoms with Gasteiger partial charge in [-0.05, 0) is 44.8 Å². The summed E-state index contributed by atoms with van der Waals surface area (Å²) >= 11 is 0. The molecule has 1 fully saturated rings. The Morgan fingerprint density at radius 1 is 1.45 bits per heavy atom. The fraction of sp³-hybridized carbons (Fsp3) is 0.529. The number of piperidine rings is 1. The number of halogens is 1. The van der Waals surface area contributed by atoms with Crippen LogP contribution in [0.25, 0.3) is 5.57 Å². The monoisotopic (exact) mass is 305 g/mol. The highest BCUT2D eigenvalue weighted by Crippen LogP contribution is 2.24. The summed E-state index contributed by atoms with van der Waals surface area (Å²) in [4.78, 5) is 6.64. The Morgan fingerprint density at radius 2 is 2.18 bits per heavy atom. The van der Waals surface area contributed by atoms with Gasteiger partial charge in [0.05, 0.1) is 12.1 Å². The highest BCUT2D eigenvalue weighted by Gasteiger charge is 2.20. The number of hydrogen-bond acceptors (Lipinski definition) is 4. The molecule has 1 aromatic rings.